The topological polar surface area (TPSA) is 41.6 Å². The van der Waals surface area contributed by atoms with Crippen molar-refractivity contribution in [3.8, 4) is 0 Å². The van der Waals surface area contributed by atoms with Gasteiger partial charge >= 0.3 is 0 Å². The third-order valence-electron chi connectivity index (χ3n) is 5.03. The molecule has 19 heavy (non-hydrogen) atoms. The number of nitrogens with zero attached hydrogens (tertiary/aromatic N) is 1. The number of ether oxygens (including phenoxy) is 1. The molecule has 108 valence electrons. The molecule has 0 aromatic rings. The van der Waals surface area contributed by atoms with Gasteiger partial charge in [0.2, 0.25) is 5.91 Å². The first-order chi connectivity index (χ1) is 9.19. The van der Waals surface area contributed by atoms with Crippen LogP contribution >= 0.6 is 0 Å². The van der Waals surface area contributed by atoms with E-state index in [0.717, 1.165) is 32.5 Å². The van der Waals surface area contributed by atoms with E-state index < -0.39 is 0 Å². The van der Waals surface area contributed by atoms with E-state index >= 15 is 0 Å². The van der Waals surface area contributed by atoms with Gasteiger partial charge in [-0.15, -0.1) is 0 Å². The monoisotopic (exact) mass is 266 g/mol. The van der Waals surface area contributed by atoms with Gasteiger partial charge in [0.25, 0.3) is 0 Å². The van der Waals surface area contributed by atoms with Crippen LogP contribution in [-0.2, 0) is 9.53 Å². The fraction of sp³-hybridized carbons (Fsp3) is 0.933. The zero-order valence-electron chi connectivity index (χ0n) is 12.0. The van der Waals surface area contributed by atoms with Crippen molar-refractivity contribution in [2.24, 2.45) is 0 Å². The zero-order valence-corrected chi connectivity index (χ0v) is 12.0. The first kappa shape index (κ1) is 13.4. The molecule has 1 aliphatic carbocycles. The molecule has 3 rings (SSSR count). The second-order valence-electron chi connectivity index (χ2n) is 6.50. The molecule has 2 unspecified atom stereocenters. The first-order valence-corrected chi connectivity index (χ1v) is 7.87. The van der Waals surface area contributed by atoms with E-state index in [2.05, 4.69) is 5.32 Å². The molecule has 4 nitrogen and oxygen atoms in total. The van der Waals surface area contributed by atoms with Crippen LogP contribution in [0, 0.1) is 0 Å². The maximum atomic E-state index is 12.3. The van der Waals surface area contributed by atoms with Crippen LogP contribution in [0.4, 0.5) is 0 Å². The van der Waals surface area contributed by atoms with Crippen molar-refractivity contribution in [2.75, 3.05) is 19.7 Å². The minimum atomic E-state index is -0.0432. The molecule has 1 amide bonds. The van der Waals surface area contributed by atoms with Gasteiger partial charge in [-0.05, 0) is 51.9 Å². The Morgan fingerprint density at radius 3 is 2.68 bits per heavy atom. The maximum Gasteiger partial charge on any atom is 0.239 e. The Bertz CT molecular complexity index is 335. The van der Waals surface area contributed by atoms with Crippen LogP contribution in [-0.4, -0.2) is 48.2 Å². The number of hydrogen-bond donors (Lipinski definition) is 1. The minimum absolute atomic E-state index is 0.0432. The summed E-state index contributed by atoms with van der Waals surface area (Å²) in [6.45, 7) is 4.76. The molecule has 0 radical (unpaired) electrons. The number of amides is 1. The molecule has 1 N–H and O–H groups in total. The Morgan fingerprint density at radius 2 is 2.05 bits per heavy atom. The normalized spacial score (nSPS) is 31.2. The highest BCUT2D eigenvalue weighted by Crippen LogP contribution is 2.42. The number of hydrogen-bond acceptors (Lipinski definition) is 3. The molecule has 3 fully saturated rings. The summed E-state index contributed by atoms with van der Waals surface area (Å²) in [7, 11) is 0. The Labute approximate surface area is 115 Å². The first-order valence-electron chi connectivity index (χ1n) is 7.87. The van der Waals surface area contributed by atoms with Crippen LogP contribution in [0.2, 0.25) is 0 Å². The highest BCUT2D eigenvalue weighted by molar-refractivity contribution is 5.81. The van der Waals surface area contributed by atoms with E-state index in [1.807, 2.05) is 11.8 Å². The van der Waals surface area contributed by atoms with E-state index in [1.165, 1.54) is 32.1 Å². The average Bonchev–Trinajstić information content (AvgIpc) is 2.90. The Kier molecular flexibility index (Phi) is 3.81. The van der Waals surface area contributed by atoms with Gasteiger partial charge in [-0.25, -0.2) is 0 Å². The zero-order chi connectivity index (χ0) is 13.3. The number of carbonyl (C=O) groups excluding carboxylic acids is 1. The summed E-state index contributed by atoms with van der Waals surface area (Å²) >= 11 is 0. The van der Waals surface area contributed by atoms with Crippen LogP contribution in [0.3, 0.4) is 0 Å². The van der Waals surface area contributed by atoms with E-state index in [9.17, 15) is 4.79 Å². The van der Waals surface area contributed by atoms with Crippen LogP contribution in [0.15, 0.2) is 0 Å². The lowest BCUT2D eigenvalue weighted by atomic mass is 9.74. The molecule has 2 heterocycles. The standard InChI is InChI=1S/C15H26N2O2/c1-12(14(18)17-8-2-3-9-17)16-13-5-10-19-15(11-13)6-4-7-15/h12-13,16H,2-11H2,1H3. The molecule has 2 aliphatic heterocycles. The smallest absolute Gasteiger partial charge is 0.239 e. The summed E-state index contributed by atoms with van der Waals surface area (Å²) in [5, 5.41) is 3.55. The fourth-order valence-corrected chi connectivity index (χ4v) is 3.73. The van der Waals surface area contributed by atoms with Crippen molar-refractivity contribution in [3.63, 3.8) is 0 Å². The minimum Gasteiger partial charge on any atom is -0.375 e. The Hall–Kier alpha value is -0.610. The third kappa shape index (κ3) is 2.79. The van der Waals surface area contributed by atoms with Crippen molar-refractivity contribution in [1.82, 2.24) is 10.2 Å². The summed E-state index contributed by atoms with van der Waals surface area (Å²) in [4.78, 5) is 14.3. The second kappa shape index (κ2) is 5.41. The Morgan fingerprint density at radius 1 is 1.32 bits per heavy atom. The van der Waals surface area contributed by atoms with Crippen LogP contribution in [0.5, 0.6) is 0 Å². The van der Waals surface area contributed by atoms with Gasteiger partial charge in [0, 0.05) is 25.7 Å². The Balaban J connectivity index is 1.51. The lowest BCUT2D eigenvalue weighted by Gasteiger charge is -2.47. The summed E-state index contributed by atoms with van der Waals surface area (Å²) < 4.78 is 5.94. The molecule has 0 aromatic carbocycles. The maximum absolute atomic E-state index is 12.3. The van der Waals surface area contributed by atoms with Gasteiger partial charge in [0.15, 0.2) is 0 Å². The molecule has 1 spiro atoms. The number of nitrogens with one attached hydrogen (secondary N) is 1. The van der Waals surface area contributed by atoms with E-state index in [-0.39, 0.29) is 17.6 Å². The number of rotatable bonds is 3. The van der Waals surface area contributed by atoms with Crippen LogP contribution in [0.25, 0.3) is 0 Å². The van der Waals surface area contributed by atoms with Crippen molar-refractivity contribution >= 4 is 5.91 Å². The molecule has 1 saturated carbocycles. The number of carbonyl (C=O) groups is 1. The lowest BCUT2D eigenvalue weighted by Crippen LogP contribution is -2.55. The van der Waals surface area contributed by atoms with Crippen LogP contribution in [0.1, 0.15) is 51.9 Å². The van der Waals surface area contributed by atoms with Crippen molar-refractivity contribution < 1.29 is 9.53 Å². The van der Waals surface area contributed by atoms with Gasteiger partial charge in [-0.3, -0.25) is 4.79 Å². The highest BCUT2D eigenvalue weighted by atomic mass is 16.5. The second-order valence-corrected chi connectivity index (χ2v) is 6.50. The summed E-state index contributed by atoms with van der Waals surface area (Å²) in [6, 6.07) is 0.411. The highest BCUT2D eigenvalue weighted by Gasteiger charge is 2.43. The van der Waals surface area contributed by atoms with E-state index in [4.69, 9.17) is 4.74 Å². The lowest BCUT2D eigenvalue weighted by molar-refractivity contribution is -0.141. The molecule has 2 saturated heterocycles. The average molecular weight is 266 g/mol. The van der Waals surface area contributed by atoms with Gasteiger partial charge in [-0.2, -0.15) is 0 Å². The predicted octanol–water partition coefficient (Wildman–Crippen LogP) is 1.69. The number of likely N-dealkylation sites (tertiary alicyclic amines) is 1. The van der Waals surface area contributed by atoms with Crippen LogP contribution < -0.4 is 5.32 Å². The summed E-state index contributed by atoms with van der Waals surface area (Å²) in [5.41, 5.74) is 0.159. The van der Waals surface area contributed by atoms with E-state index in [1.54, 1.807) is 0 Å². The molecule has 0 bridgehead atoms. The fourth-order valence-electron chi connectivity index (χ4n) is 3.73. The van der Waals surface area contributed by atoms with Gasteiger partial charge in [0.1, 0.15) is 0 Å². The molecular weight excluding hydrogens is 240 g/mol. The van der Waals surface area contributed by atoms with Gasteiger partial charge in [0.05, 0.1) is 11.6 Å². The summed E-state index contributed by atoms with van der Waals surface area (Å²) in [6.07, 6.45) is 8.18. The largest absolute Gasteiger partial charge is 0.375 e. The van der Waals surface area contributed by atoms with Gasteiger partial charge in [-0.1, -0.05) is 0 Å². The predicted molar refractivity (Wildman–Crippen MR) is 74.0 cm³/mol. The molecular formula is C15H26N2O2. The molecule has 4 heteroatoms. The molecule has 0 aromatic heterocycles. The third-order valence-corrected chi connectivity index (χ3v) is 5.03. The summed E-state index contributed by atoms with van der Waals surface area (Å²) in [5.74, 6) is 0.284. The molecule has 3 aliphatic rings. The molecule has 2 atom stereocenters. The van der Waals surface area contributed by atoms with Crippen molar-refractivity contribution in [3.05, 3.63) is 0 Å². The quantitative estimate of drug-likeness (QED) is 0.845. The van der Waals surface area contributed by atoms with Gasteiger partial charge < -0.3 is 15.0 Å². The SMILES string of the molecule is CC(NC1CCOC2(CCC2)C1)C(=O)N1CCCC1. The van der Waals surface area contributed by atoms with Crippen molar-refractivity contribution in [1.29, 1.82) is 0 Å². The van der Waals surface area contributed by atoms with Crippen molar-refractivity contribution in [2.45, 2.75) is 69.6 Å². The van der Waals surface area contributed by atoms with E-state index in [0.29, 0.717) is 6.04 Å².